The first kappa shape index (κ1) is 21.0. The molecule has 2 N–H and O–H groups in total. The van der Waals surface area contributed by atoms with Gasteiger partial charge in [-0.3, -0.25) is 4.79 Å². The standard InChI is InChI=1S/C11H22N2.C5H6O2.CH2O2/c1-3-4-5-6-7-8-13-10-9-12(2)11-13;6-3-5-1-2-7-4-5;2-1-3/h9-10H,3-8,11H2,1-2H3;1-2,4,6H,3H2;1H,(H,2,3). The van der Waals surface area contributed by atoms with Crippen molar-refractivity contribution in [1.82, 2.24) is 9.80 Å². The molecule has 0 spiro atoms. The second-order valence-electron chi connectivity index (χ2n) is 5.32. The summed E-state index contributed by atoms with van der Waals surface area (Å²) in [6, 6.07) is 1.72. The first-order valence-corrected chi connectivity index (χ1v) is 8.00. The van der Waals surface area contributed by atoms with Gasteiger partial charge in [0.1, 0.15) is 0 Å². The van der Waals surface area contributed by atoms with E-state index in [2.05, 4.69) is 40.6 Å². The first-order valence-electron chi connectivity index (χ1n) is 8.00. The number of rotatable bonds is 7. The lowest BCUT2D eigenvalue weighted by Gasteiger charge is -2.17. The summed E-state index contributed by atoms with van der Waals surface area (Å²) in [5.74, 6) is 0. The maximum Gasteiger partial charge on any atom is 0.290 e. The fourth-order valence-electron chi connectivity index (χ4n) is 2.04. The molecule has 2 heterocycles. The highest BCUT2D eigenvalue weighted by Crippen LogP contribution is 2.07. The molecule has 0 radical (unpaired) electrons. The van der Waals surface area contributed by atoms with Crippen molar-refractivity contribution >= 4 is 6.47 Å². The van der Waals surface area contributed by atoms with Crippen LogP contribution in [0.4, 0.5) is 0 Å². The van der Waals surface area contributed by atoms with Gasteiger partial charge in [0.25, 0.3) is 6.47 Å². The van der Waals surface area contributed by atoms with E-state index in [0.29, 0.717) is 0 Å². The maximum absolute atomic E-state index is 8.37. The van der Waals surface area contributed by atoms with E-state index in [0.717, 1.165) is 12.2 Å². The van der Waals surface area contributed by atoms with Crippen LogP contribution in [0.5, 0.6) is 0 Å². The Morgan fingerprint density at radius 1 is 1.26 bits per heavy atom. The van der Waals surface area contributed by atoms with E-state index < -0.39 is 0 Å². The Kier molecular flexibility index (Phi) is 13.7. The molecule has 23 heavy (non-hydrogen) atoms. The smallest absolute Gasteiger partial charge is 0.290 e. The highest BCUT2D eigenvalue weighted by molar-refractivity contribution is 5.32. The fourth-order valence-corrected chi connectivity index (χ4v) is 2.04. The topological polar surface area (TPSA) is 77.2 Å². The Morgan fingerprint density at radius 2 is 1.96 bits per heavy atom. The molecule has 0 bridgehead atoms. The van der Waals surface area contributed by atoms with Gasteiger partial charge in [-0.1, -0.05) is 32.6 Å². The lowest BCUT2D eigenvalue weighted by atomic mass is 10.1. The van der Waals surface area contributed by atoms with Crippen molar-refractivity contribution in [2.75, 3.05) is 20.3 Å². The molecule has 132 valence electrons. The van der Waals surface area contributed by atoms with Gasteiger partial charge in [0, 0.05) is 31.6 Å². The van der Waals surface area contributed by atoms with Gasteiger partial charge in [-0.25, -0.2) is 0 Å². The Bertz CT molecular complexity index is 393. The number of unbranched alkanes of at least 4 members (excludes halogenated alkanes) is 4. The minimum Gasteiger partial charge on any atom is -0.483 e. The summed E-state index contributed by atoms with van der Waals surface area (Å²) < 4.78 is 4.65. The van der Waals surface area contributed by atoms with Gasteiger partial charge in [0.2, 0.25) is 0 Å². The number of carbonyl (C=O) groups is 1. The predicted octanol–water partition coefficient (Wildman–Crippen LogP) is 3.11. The van der Waals surface area contributed by atoms with Crippen molar-refractivity contribution in [1.29, 1.82) is 0 Å². The number of furan rings is 1. The van der Waals surface area contributed by atoms with Crippen LogP contribution < -0.4 is 0 Å². The summed E-state index contributed by atoms with van der Waals surface area (Å²) >= 11 is 0. The highest BCUT2D eigenvalue weighted by atomic mass is 16.3. The summed E-state index contributed by atoms with van der Waals surface area (Å²) in [7, 11) is 2.12. The Morgan fingerprint density at radius 3 is 2.39 bits per heavy atom. The maximum atomic E-state index is 8.37. The Balaban J connectivity index is 0.000000404. The zero-order valence-corrected chi connectivity index (χ0v) is 14.2. The average Bonchev–Trinajstić information content (AvgIpc) is 3.20. The molecule has 1 aliphatic heterocycles. The Hall–Kier alpha value is -1.95. The molecule has 6 nitrogen and oxygen atoms in total. The molecule has 0 aliphatic carbocycles. The van der Waals surface area contributed by atoms with Crippen molar-refractivity contribution in [3.05, 3.63) is 36.6 Å². The fraction of sp³-hybridized carbons (Fsp3) is 0.588. The number of nitrogens with zero attached hydrogens (tertiary/aromatic N) is 2. The van der Waals surface area contributed by atoms with Crippen LogP contribution in [-0.4, -0.2) is 46.7 Å². The zero-order valence-electron chi connectivity index (χ0n) is 14.2. The molecule has 2 rings (SSSR count). The van der Waals surface area contributed by atoms with E-state index in [1.54, 1.807) is 6.07 Å². The number of aliphatic hydroxyl groups excluding tert-OH is 1. The van der Waals surface area contributed by atoms with Crippen molar-refractivity contribution in [2.45, 2.75) is 45.6 Å². The molecular formula is C17H30N2O4. The summed E-state index contributed by atoms with van der Waals surface area (Å²) in [4.78, 5) is 13.0. The number of hydrogen-bond donors (Lipinski definition) is 2. The van der Waals surface area contributed by atoms with Crippen LogP contribution in [0.25, 0.3) is 0 Å². The van der Waals surface area contributed by atoms with Crippen LogP contribution in [0.2, 0.25) is 0 Å². The van der Waals surface area contributed by atoms with Gasteiger partial charge in [0.05, 0.1) is 25.8 Å². The molecule has 6 heteroatoms. The van der Waals surface area contributed by atoms with Crippen molar-refractivity contribution in [3.8, 4) is 0 Å². The van der Waals surface area contributed by atoms with Crippen LogP contribution >= 0.6 is 0 Å². The molecule has 0 aromatic carbocycles. The third kappa shape index (κ3) is 12.3. The second-order valence-corrected chi connectivity index (χ2v) is 5.32. The van der Waals surface area contributed by atoms with Gasteiger partial charge in [-0.05, 0) is 12.5 Å². The van der Waals surface area contributed by atoms with Crippen LogP contribution in [0.1, 0.15) is 44.6 Å². The zero-order chi connectivity index (χ0) is 17.3. The van der Waals surface area contributed by atoms with Crippen molar-refractivity contribution < 1.29 is 19.4 Å². The van der Waals surface area contributed by atoms with E-state index in [4.69, 9.17) is 15.0 Å². The van der Waals surface area contributed by atoms with Gasteiger partial charge < -0.3 is 24.4 Å². The quantitative estimate of drug-likeness (QED) is 0.592. The van der Waals surface area contributed by atoms with Crippen molar-refractivity contribution in [3.63, 3.8) is 0 Å². The number of aliphatic hydroxyl groups is 1. The van der Waals surface area contributed by atoms with E-state index in [-0.39, 0.29) is 13.1 Å². The summed E-state index contributed by atoms with van der Waals surface area (Å²) in [5, 5.41) is 15.3. The molecule has 0 amide bonds. The molecule has 0 atom stereocenters. The SMILES string of the molecule is CCCCCCCN1C=CN(C)C1.O=CO.OCc1ccoc1. The summed E-state index contributed by atoms with van der Waals surface area (Å²) in [6.45, 7) is 4.38. The van der Waals surface area contributed by atoms with Crippen LogP contribution in [0.15, 0.2) is 35.4 Å². The lowest BCUT2D eigenvalue weighted by Crippen LogP contribution is -2.23. The largest absolute Gasteiger partial charge is 0.483 e. The van der Waals surface area contributed by atoms with Gasteiger partial charge >= 0.3 is 0 Å². The summed E-state index contributed by atoms with van der Waals surface area (Å²) in [5.41, 5.74) is 0.819. The second kappa shape index (κ2) is 15.0. The van der Waals surface area contributed by atoms with Gasteiger partial charge in [0.15, 0.2) is 0 Å². The number of hydrogen-bond acceptors (Lipinski definition) is 5. The number of carboxylic acid groups (broad SMARTS) is 1. The minimum atomic E-state index is -0.250. The Labute approximate surface area is 139 Å². The third-order valence-electron chi connectivity index (χ3n) is 3.25. The average molecular weight is 326 g/mol. The molecule has 0 saturated carbocycles. The highest BCUT2D eigenvalue weighted by Gasteiger charge is 2.06. The first-order chi connectivity index (χ1) is 11.2. The van der Waals surface area contributed by atoms with E-state index in [9.17, 15) is 0 Å². The molecular weight excluding hydrogens is 296 g/mol. The third-order valence-corrected chi connectivity index (χ3v) is 3.25. The van der Waals surface area contributed by atoms with Crippen molar-refractivity contribution in [2.24, 2.45) is 0 Å². The van der Waals surface area contributed by atoms with Gasteiger partial charge in [-0.2, -0.15) is 0 Å². The molecule has 0 fully saturated rings. The minimum absolute atomic E-state index is 0.0660. The lowest BCUT2D eigenvalue weighted by molar-refractivity contribution is -0.122. The normalized spacial score (nSPS) is 12.3. The van der Waals surface area contributed by atoms with E-state index >= 15 is 0 Å². The van der Waals surface area contributed by atoms with Gasteiger partial charge in [-0.15, -0.1) is 0 Å². The van der Waals surface area contributed by atoms with Crippen LogP contribution in [-0.2, 0) is 11.4 Å². The monoisotopic (exact) mass is 326 g/mol. The molecule has 1 aromatic heterocycles. The predicted molar refractivity (Wildman–Crippen MR) is 90.6 cm³/mol. The summed E-state index contributed by atoms with van der Waals surface area (Å²) in [6.07, 6.45) is 14.3. The van der Waals surface area contributed by atoms with E-state index in [1.807, 2.05) is 0 Å². The van der Waals surface area contributed by atoms with E-state index in [1.165, 1.54) is 51.2 Å². The molecule has 0 unspecified atom stereocenters. The van der Waals surface area contributed by atoms with Crippen LogP contribution in [0.3, 0.4) is 0 Å². The van der Waals surface area contributed by atoms with Crippen LogP contribution in [0, 0.1) is 0 Å². The molecule has 0 saturated heterocycles. The molecule has 1 aromatic rings. The molecule has 1 aliphatic rings.